The van der Waals surface area contributed by atoms with Crippen molar-refractivity contribution in [2.45, 2.75) is 12.8 Å². The molecular weight excluding hydrogens is 230 g/mol. The number of ether oxygens (including phenoxy) is 2. The van der Waals surface area contributed by atoms with E-state index >= 15 is 0 Å². The second kappa shape index (κ2) is 5.66. The molecule has 0 radical (unpaired) electrons. The van der Waals surface area contributed by atoms with Gasteiger partial charge in [0, 0.05) is 20.4 Å². The molecule has 0 spiro atoms. The zero-order valence-corrected chi connectivity index (χ0v) is 10.5. The van der Waals surface area contributed by atoms with Crippen LogP contribution in [-0.2, 0) is 16.0 Å². The quantitative estimate of drug-likeness (QED) is 0.818. The van der Waals surface area contributed by atoms with Crippen LogP contribution in [0.15, 0.2) is 36.5 Å². The first-order valence-corrected chi connectivity index (χ1v) is 5.66. The molecule has 1 aromatic carbocycles. The molecule has 2 aromatic rings. The average molecular weight is 247 g/mol. The molecule has 0 atom stereocenters. The molecule has 2 N–H and O–H groups in total. The Morgan fingerprint density at radius 2 is 1.89 bits per heavy atom. The predicted octanol–water partition coefficient (Wildman–Crippen LogP) is 1.80. The van der Waals surface area contributed by atoms with Crippen molar-refractivity contribution in [1.29, 1.82) is 0 Å². The van der Waals surface area contributed by atoms with Crippen LogP contribution in [-0.4, -0.2) is 23.8 Å². The minimum Gasteiger partial charge on any atom is -0.369 e. The molecule has 0 unspecified atom stereocenters. The van der Waals surface area contributed by atoms with Gasteiger partial charge >= 0.3 is 0 Å². The molecule has 0 fully saturated rings. The largest absolute Gasteiger partial charge is 0.369 e. The van der Waals surface area contributed by atoms with Crippen molar-refractivity contribution in [1.82, 2.24) is 9.55 Å². The van der Waals surface area contributed by atoms with Gasteiger partial charge in [0.05, 0.1) is 6.54 Å². The van der Waals surface area contributed by atoms with Gasteiger partial charge < -0.3 is 19.8 Å². The van der Waals surface area contributed by atoms with E-state index in [1.54, 1.807) is 14.2 Å². The number of hydrogen-bond donors (Lipinski definition) is 1. The van der Waals surface area contributed by atoms with E-state index in [2.05, 4.69) is 4.98 Å². The van der Waals surface area contributed by atoms with Gasteiger partial charge in [0.15, 0.2) is 0 Å². The highest BCUT2D eigenvalue weighted by atomic mass is 16.7. The first-order chi connectivity index (χ1) is 8.74. The normalized spacial score (nSPS) is 11.1. The Kier molecular flexibility index (Phi) is 3.96. The standard InChI is InChI=1S/C13H17N3O2/c1-17-12(18-2)11-9-16(13(14)15-11)8-10-6-4-3-5-7-10/h3-7,9,12H,8H2,1-2H3,(H2,14,15). The Morgan fingerprint density at radius 1 is 1.22 bits per heavy atom. The molecule has 2 rings (SSSR count). The van der Waals surface area contributed by atoms with Crippen molar-refractivity contribution < 1.29 is 9.47 Å². The van der Waals surface area contributed by atoms with Gasteiger partial charge in [0.25, 0.3) is 0 Å². The van der Waals surface area contributed by atoms with Crippen LogP contribution in [0.2, 0.25) is 0 Å². The van der Waals surface area contributed by atoms with Crippen LogP contribution in [0.25, 0.3) is 0 Å². The summed E-state index contributed by atoms with van der Waals surface area (Å²) in [4.78, 5) is 4.24. The van der Waals surface area contributed by atoms with Crippen molar-refractivity contribution in [2.75, 3.05) is 20.0 Å². The number of rotatable bonds is 5. The monoisotopic (exact) mass is 247 g/mol. The molecule has 0 aliphatic rings. The summed E-state index contributed by atoms with van der Waals surface area (Å²) in [6.07, 6.45) is 1.37. The van der Waals surface area contributed by atoms with E-state index in [-0.39, 0.29) is 0 Å². The molecule has 5 heteroatoms. The second-order valence-electron chi connectivity index (χ2n) is 3.94. The molecule has 0 aliphatic heterocycles. The molecule has 0 amide bonds. The van der Waals surface area contributed by atoms with Crippen molar-refractivity contribution in [3.05, 3.63) is 47.8 Å². The minimum absolute atomic E-state index is 0.452. The van der Waals surface area contributed by atoms with Gasteiger partial charge in [-0.2, -0.15) is 0 Å². The fourth-order valence-electron chi connectivity index (χ4n) is 1.81. The number of nitrogens with zero attached hydrogens (tertiary/aromatic N) is 2. The van der Waals surface area contributed by atoms with Crippen molar-refractivity contribution in [2.24, 2.45) is 0 Å². The number of imidazole rings is 1. The van der Waals surface area contributed by atoms with Crippen LogP contribution >= 0.6 is 0 Å². The minimum atomic E-state index is -0.482. The topological polar surface area (TPSA) is 62.3 Å². The van der Waals surface area contributed by atoms with E-state index in [1.807, 2.05) is 41.1 Å². The average Bonchev–Trinajstić information content (AvgIpc) is 2.74. The van der Waals surface area contributed by atoms with Crippen LogP contribution in [0, 0.1) is 0 Å². The molecule has 0 saturated carbocycles. The Labute approximate surface area is 106 Å². The summed E-state index contributed by atoms with van der Waals surface area (Å²) in [5.74, 6) is 0.452. The summed E-state index contributed by atoms with van der Waals surface area (Å²) in [5, 5.41) is 0. The molecule has 0 bridgehead atoms. The number of hydrogen-bond acceptors (Lipinski definition) is 4. The number of benzene rings is 1. The Balaban J connectivity index is 2.19. The molecular formula is C13H17N3O2. The molecule has 96 valence electrons. The molecule has 5 nitrogen and oxygen atoms in total. The number of nitrogen functional groups attached to an aromatic ring is 1. The number of methoxy groups -OCH3 is 2. The van der Waals surface area contributed by atoms with Gasteiger partial charge in [-0.1, -0.05) is 30.3 Å². The second-order valence-corrected chi connectivity index (χ2v) is 3.94. The maximum atomic E-state index is 5.88. The summed E-state index contributed by atoms with van der Waals surface area (Å²) in [6, 6.07) is 10.1. The maximum Gasteiger partial charge on any atom is 0.202 e. The van der Waals surface area contributed by atoms with Gasteiger partial charge in [-0.15, -0.1) is 0 Å². The maximum absolute atomic E-state index is 5.88. The summed E-state index contributed by atoms with van der Waals surface area (Å²) >= 11 is 0. The van der Waals surface area contributed by atoms with Crippen molar-refractivity contribution >= 4 is 5.95 Å². The van der Waals surface area contributed by atoms with E-state index in [0.717, 1.165) is 0 Å². The zero-order chi connectivity index (χ0) is 13.0. The third-order valence-electron chi connectivity index (χ3n) is 2.69. The highest BCUT2D eigenvalue weighted by Gasteiger charge is 2.14. The summed E-state index contributed by atoms with van der Waals surface area (Å²) in [5.41, 5.74) is 7.72. The lowest BCUT2D eigenvalue weighted by Crippen LogP contribution is -2.04. The van der Waals surface area contributed by atoms with E-state index in [0.29, 0.717) is 18.2 Å². The first-order valence-electron chi connectivity index (χ1n) is 5.66. The Bertz CT molecular complexity index is 492. The number of anilines is 1. The third-order valence-corrected chi connectivity index (χ3v) is 2.69. The fourth-order valence-corrected chi connectivity index (χ4v) is 1.81. The number of aromatic nitrogens is 2. The van der Waals surface area contributed by atoms with Gasteiger partial charge in [-0.05, 0) is 5.56 Å². The summed E-state index contributed by atoms with van der Waals surface area (Å²) < 4.78 is 12.2. The van der Waals surface area contributed by atoms with Crippen LogP contribution in [0.3, 0.4) is 0 Å². The third kappa shape index (κ3) is 2.69. The summed E-state index contributed by atoms with van der Waals surface area (Å²) in [7, 11) is 3.14. The van der Waals surface area contributed by atoms with Crippen LogP contribution in [0.5, 0.6) is 0 Å². The Morgan fingerprint density at radius 3 is 2.50 bits per heavy atom. The van der Waals surface area contributed by atoms with Gasteiger partial charge in [0.2, 0.25) is 12.2 Å². The van der Waals surface area contributed by atoms with Gasteiger partial charge in [-0.3, -0.25) is 0 Å². The first kappa shape index (κ1) is 12.6. The van der Waals surface area contributed by atoms with Gasteiger partial charge in [-0.25, -0.2) is 4.98 Å². The van der Waals surface area contributed by atoms with Crippen LogP contribution in [0.1, 0.15) is 17.5 Å². The summed E-state index contributed by atoms with van der Waals surface area (Å²) in [6.45, 7) is 0.680. The van der Waals surface area contributed by atoms with Crippen molar-refractivity contribution in [3.63, 3.8) is 0 Å². The van der Waals surface area contributed by atoms with Crippen molar-refractivity contribution in [3.8, 4) is 0 Å². The fraction of sp³-hybridized carbons (Fsp3) is 0.308. The van der Waals surface area contributed by atoms with Crippen LogP contribution < -0.4 is 5.73 Å². The molecule has 0 saturated heterocycles. The predicted molar refractivity (Wildman–Crippen MR) is 68.9 cm³/mol. The number of nitrogens with two attached hydrogens (primary N) is 1. The zero-order valence-electron chi connectivity index (χ0n) is 10.5. The highest BCUT2D eigenvalue weighted by Crippen LogP contribution is 2.18. The smallest absolute Gasteiger partial charge is 0.202 e. The van der Waals surface area contributed by atoms with Crippen LogP contribution in [0.4, 0.5) is 5.95 Å². The SMILES string of the molecule is COC(OC)c1cn(Cc2ccccc2)c(N)n1. The molecule has 18 heavy (non-hydrogen) atoms. The van der Waals surface area contributed by atoms with E-state index in [1.165, 1.54) is 5.56 Å². The lowest BCUT2D eigenvalue weighted by molar-refractivity contribution is -0.108. The molecule has 0 aliphatic carbocycles. The van der Waals surface area contributed by atoms with E-state index < -0.39 is 6.29 Å². The van der Waals surface area contributed by atoms with E-state index in [9.17, 15) is 0 Å². The molecule has 1 aromatic heterocycles. The molecule has 1 heterocycles. The van der Waals surface area contributed by atoms with E-state index in [4.69, 9.17) is 15.2 Å². The lowest BCUT2D eigenvalue weighted by Gasteiger charge is -2.09. The highest BCUT2D eigenvalue weighted by molar-refractivity contribution is 5.25. The lowest BCUT2D eigenvalue weighted by atomic mass is 10.2. The Hall–Kier alpha value is -1.85. The van der Waals surface area contributed by atoms with Gasteiger partial charge in [0.1, 0.15) is 5.69 Å².